The van der Waals surface area contributed by atoms with E-state index < -0.39 is 29.8 Å². The van der Waals surface area contributed by atoms with Crippen LogP contribution in [0.1, 0.15) is 67.8 Å². The van der Waals surface area contributed by atoms with E-state index in [1.54, 1.807) is 6.33 Å². The molecule has 1 amide bonds. The number of nitrogens with zero attached hydrogens (tertiary/aromatic N) is 5. The highest BCUT2D eigenvalue weighted by Crippen LogP contribution is 2.52. The van der Waals surface area contributed by atoms with E-state index in [1.807, 2.05) is 55.5 Å². The van der Waals surface area contributed by atoms with Gasteiger partial charge in [-0.15, -0.1) is 10.2 Å². The number of carbonyl (C=O) groups excluding carboxylic acids is 1. The molecule has 1 fully saturated rings. The predicted octanol–water partition coefficient (Wildman–Crippen LogP) is 5.06. The maximum absolute atomic E-state index is 13.2. The maximum Gasteiger partial charge on any atom is 0.406 e. The van der Waals surface area contributed by atoms with Crippen LogP contribution in [0.3, 0.4) is 0 Å². The van der Waals surface area contributed by atoms with Gasteiger partial charge in [0.2, 0.25) is 0 Å². The number of hydrogen-bond acceptors (Lipinski definition) is 5. The van der Waals surface area contributed by atoms with Crippen molar-refractivity contribution in [2.75, 3.05) is 11.4 Å². The Morgan fingerprint density at radius 2 is 1.90 bits per heavy atom. The molecule has 2 N–H and O–H groups in total. The molecule has 0 unspecified atom stereocenters. The average Bonchev–Trinajstić information content (AvgIpc) is 3.22. The third-order valence-electron chi connectivity index (χ3n) is 7.17. The summed E-state index contributed by atoms with van der Waals surface area (Å²) < 4.78 is 42.1. The Balaban J connectivity index is 1.82. The first kappa shape index (κ1) is 29.6. The molecule has 40 heavy (non-hydrogen) atoms. The highest BCUT2D eigenvalue weighted by molar-refractivity contribution is 6.33. The lowest BCUT2D eigenvalue weighted by molar-refractivity contribution is -0.141. The number of anilines is 1. The number of amides is 1. The smallest absolute Gasteiger partial charge is 0.365 e. The fourth-order valence-corrected chi connectivity index (χ4v) is 5.97. The number of nitrogens with two attached hydrogens (primary N) is 1. The van der Waals surface area contributed by atoms with Crippen LogP contribution in [0.2, 0.25) is 5.02 Å². The first-order valence-corrected chi connectivity index (χ1v) is 13.4. The zero-order valence-electron chi connectivity index (χ0n) is 23.2. The summed E-state index contributed by atoms with van der Waals surface area (Å²) in [6.45, 7) is 7.32. The normalized spacial score (nSPS) is 19.4. The van der Waals surface area contributed by atoms with Crippen molar-refractivity contribution in [3.05, 3.63) is 74.7 Å². The van der Waals surface area contributed by atoms with Gasteiger partial charge in [-0.3, -0.25) is 9.59 Å². The van der Waals surface area contributed by atoms with Crippen molar-refractivity contribution in [3.8, 4) is 0 Å². The molecular formula is C28H34ClF3N6O2. The second-order valence-electron chi connectivity index (χ2n) is 12.1. The number of aromatic nitrogens is 4. The molecule has 1 saturated carbocycles. The van der Waals surface area contributed by atoms with Crippen molar-refractivity contribution in [2.24, 2.45) is 24.1 Å². The van der Waals surface area contributed by atoms with Gasteiger partial charge in [0.15, 0.2) is 0 Å². The van der Waals surface area contributed by atoms with Crippen molar-refractivity contribution >= 4 is 23.2 Å². The monoisotopic (exact) mass is 578 g/mol. The quantitative estimate of drug-likeness (QED) is 0.403. The van der Waals surface area contributed by atoms with E-state index in [2.05, 4.69) is 17.1 Å². The lowest BCUT2D eigenvalue weighted by atomic mass is 9.58. The van der Waals surface area contributed by atoms with Gasteiger partial charge in [-0.25, -0.2) is 0 Å². The molecule has 0 saturated heterocycles. The van der Waals surface area contributed by atoms with E-state index in [4.69, 9.17) is 17.3 Å². The van der Waals surface area contributed by atoms with Crippen LogP contribution in [0.4, 0.5) is 18.9 Å². The number of alkyl halides is 3. The third kappa shape index (κ3) is 6.19. The number of benzene rings is 1. The molecule has 2 heterocycles. The molecule has 12 heteroatoms. The van der Waals surface area contributed by atoms with Crippen molar-refractivity contribution < 1.29 is 18.0 Å². The Morgan fingerprint density at radius 1 is 1.23 bits per heavy atom. The number of pyridine rings is 1. The standard InChI is InChI=1S/C28H34ClF3N6O2/c1-17-10-27(11-17,25-35-34-16-36(25)5)19-6-7-21(29)22(9-19)37(14-26(2,3)4)12-18-8-20(23(33)39)24(40)38(13-18)15-28(30,31)32/h6-9,13,16-17H,10-12,14-15H2,1-5H3,(H2,33,39). The zero-order valence-corrected chi connectivity index (χ0v) is 24.0. The van der Waals surface area contributed by atoms with E-state index in [0.717, 1.165) is 30.4 Å². The number of halogens is 4. The summed E-state index contributed by atoms with van der Waals surface area (Å²) >= 11 is 6.75. The molecule has 216 valence electrons. The molecule has 4 rings (SSSR count). The van der Waals surface area contributed by atoms with Gasteiger partial charge in [-0.05, 0) is 53.5 Å². The van der Waals surface area contributed by atoms with Crippen LogP contribution in [0.15, 0.2) is 41.6 Å². The van der Waals surface area contributed by atoms with Gasteiger partial charge >= 0.3 is 6.18 Å². The molecule has 1 aromatic carbocycles. The highest BCUT2D eigenvalue weighted by Gasteiger charge is 2.48. The summed E-state index contributed by atoms with van der Waals surface area (Å²) in [7, 11) is 1.91. The van der Waals surface area contributed by atoms with Gasteiger partial charge in [0.1, 0.15) is 24.3 Å². The van der Waals surface area contributed by atoms with Crippen LogP contribution in [-0.2, 0) is 25.6 Å². The first-order valence-electron chi connectivity index (χ1n) is 13.0. The van der Waals surface area contributed by atoms with E-state index in [-0.39, 0.29) is 17.4 Å². The van der Waals surface area contributed by atoms with Crippen LogP contribution in [-0.4, -0.2) is 38.0 Å². The Bertz CT molecular complexity index is 1470. The second kappa shape index (κ2) is 10.6. The number of hydrogen-bond donors (Lipinski definition) is 1. The minimum absolute atomic E-state index is 0.0895. The minimum atomic E-state index is -4.66. The Morgan fingerprint density at radius 3 is 2.42 bits per heavy atom. The summed E-state index contributed by atoms with van der Waals surface area (Å²) in [5, 5.41) is 8.98. The summed E-state index contributed by atoms with van der Waals surface area (Å²) in [5.41, 5.74) is 5.21. The molecule has 0 atom stereocenters. The third-order valence-corrected chi connectivity index (χ3v) is 7.49. The van der Waals surface area contributed by atoms with Crippen molar-refractivity contribution in [2.45, 2.75) is 65.2 Å². The number of primary amides is 1. The highest BCUT2D eigenvalue weighted by atomic mass is 35.5. The van der Waals surface area contributed by atoms with Gasteiger partial charge in [0.05, 0.1) is 16.1 Å². The van der Waals surface area contributed by atoms with Crippen LogP contribution in [0, 0.1) is 11.3 Å². The van der Waals surface area contributed by atoms with Crippen LogP contribution >= 0.6 is 11.6 Å². The van der Waals surface area contributed by atoms with Gasteiger partial charge in [-0.1, -0.05) is 45.4 Å². The van der Waals surface area contributed by atoms with Crippen LogP contribution in [0.25, 0.3) is 0 Å². The first-order chi connectivity index (χ1) is 18.5. The summed E-state index contributed by atoms with van der Waals surface area (Å²) in [4.78, 5) is 26.5. The average molecular weight is 579 g/mol. The second-order valence-corrected chi connectivity index (χ2v) is 12.5. The number of aryl methyl sites for hydroxylation is 1. The van der Waals surface area contributed by atoms with E-state index in [9.17, 15) is 22.8 Å². The fraction of sp³-hybridized carbons (Fsp3) is 0.500. The van der Waals surface area contributed by atoms with Crippen LogP contribution in [0.5, 0.6) is 0 Å². The Labute approximate surface area is 235 Å². The molecule has 0 spiro atoms. The minimum Gasteiger partial charge on any atom is -0.365 e. The Hall–Kier alpha value is -3.34. The van der Waals surface area contributed by atoms with Crippen molar-refractivity contribution in [1.29, 1.82) is 0 Å². The molecule has 1 aliphatic carbocycles. The summed E-state index contributed by atoms with van der Waals surface area (Å²) in [6.07, 6.45) is -0.0952. The van der Waals surface area contributed by atoms with Gasteiger partial charge in [0, 0.05) is 26.3 Å². The molecular weight excluding hydrogens is 545 g/mol. The van der Waals surface area contributed by atoms with Crippen molar-refractivity contribution in [1.82, 2.24) is 19.3 Å². The van der Waals surface area contributed by atoms with Gasteiger partial charge in [0.25, 0.3) is 11.5 Å². The van der Waals surface area contributed by atoms with Gasteiger partial charge < -0.3 is 19.8 Å². The van der Waals surface area contributed by atoms with Gasteiger partial charge in [-0.2, -0.15) is 13.2 Å². The Kier molecular flexibility index (Phi) is 7.83. The molecule has 8 nitrogen and oxygen atoms in total. The molecule has 0 radical (unpaired) electrons. The lowest BCUT2D eigenvalue weighted by Crippen LogP contribution is -2.43. The predicted molar refractivity (Wildman–Crippen MR) is 147 cm³/mol. The zero-order chi connectivity index (χ0) is 29.6. The largest absolute Gasteiger partial charge is 0.406 e. The van der Waals surface area contributed by atoms with E-state index in [1.165, 1.54) is 6.07 Å². The topological polar surface area (TPSA) is 99.0 Å². The summed E-state index contributed by atoms with van der Waals surface area (Å²) in [5.74, 6) is 0.255. The number of rotatable bonds is 8. The van der Waals surface area contributed by atoms with Crippen LogP contribution < -0.4 is 16.2 Å². The van der Waals surface area contributed by atoms with E-state index >= 15 is 0 Å². The molecule has 0 bridgehead atoms. The lowest BCUT2D eigenvalue weighted by Gasteiger charge is -2.46. The number of carbonyl (C=O) groups is 1. The fourth-order valence-electron chi connectivity index (χ4n) is 5.74. The molecule has 3 aromatic rings. The van der Waals surface area contributed by atoms with Crippen molar-refractivity contribution in [3.63, 3.8) is 0 Å². The molecule has 0 aliphatic heterocycles. The SMILES string of the molecule is CC1CC(c2ccc(Cl)c(N(Cc3cc(C(N)=O)c(=O)n(CC(F)(F)F)c3)CC(C)(C)C)c2)(c2nncn2C)C1. The molecule has 2 aromatic heterocycles. The molecule has 1 aliphatic rings. The van der Waals surface area contributed by atoms with E-state index in [0.29, 0.717) is 33.3 Å². The maximum atomic E-state index is 13.2. The summed E-state index contributed by atoms with van der Waals surface area (Å²) in [6, 6.07) is 7.08.